The first-order valence-corrected chi connectivity index (χ1v) is 8.94. The van der Waals surface area contributed by atoms with Crippen molar-refractivity contribution in [1.82, 2.24) is 0 Å². The van der Waals surface area contributed by atoms with Crippen molar-refractivity contribution in [1.29, 1.82) is 0 Å². The second kappa shape index (κ2) is 9.74. The van der Waals surface area contributed by atoms with Crippen LogP contribution in [0, 0.1) is 11.3 Å². The Bertz CT molecular complexity index is 412. The third-order valence-electron chi connectivity index (χ3n) is 4.26. The SMILES string of the molecule is CCCC=CCCCC(CCC)C(=O)OC1C(=O)OCC1(C)C. The predicted molar refractivity (Wildman–Crippen MR) is 90.9 cm³/mol. The monoisotopic (exact) mass is 324 g/mol. The average Bonchev–Trinajstić information content (AvgIpc) is 2.76. The van der Waals surface area contributed by atoms with E-state index in [1.807, 2.05) is 13.8 Å². The zero-order chi connectivity index (χ0) is 17.3. The molecule has 0 aliphatic carbocycles. The highest BCUT2D eigenvalue weighted by atomic mass is 16.6. The molecule has 1 heterocycles. The molecule has 1 aliphatic heterocycles. The van der Waals surface area contributed by atoms with Gasteiger partial charge in [0.25, 0.3) is 0 Å². The maximum absolute atomic E-state index is 12.4. The summed E-state index contributed by atoms with van der Waals surface area (Å²) in [5.74, 6) is -0.786. The molecule has 23 heavy (non-hydrogen) atoms. The molecule has 0 bridgehead atoms. The Labute approximate surface area is 140 Å². The van der Waals surface area contributed by atoms with Gasteiger partial charge in [-0.15, -0.1) is 0 Å². The van der Waals surface area contributed by atoms with Crippen molar-refractivity contribution in [2.75, 3.05) is 6.61 Å². The van der Waals surface area contributed by atoms with Crippen molar-refractivity contribution in [2.24, 2.45) is 11.3 Å². The number of hydrogen-bond acceptors (Lipinski definition) is 4. The predicted octanol–water partition coefficient (Wildman–Crippen LogP) is 4.42. The van der Waals surface area contributed by atoms with Gasteiger partial charge < -0.3 is 9.47 Å². The molecule has 0 radical (unpaired) electrons. The topological polar surface area (TPSA) is 52.6 Å². The molecule has 4 nitrogen and oxygen atoms in total. The molecule has 2 atom stereocenters. The Morgan fingerprint density at radius 3 is 2.52 bits per heavy atom. The molecule has 0 aromatic rings. The lowest BCUT2D eigenvalue weighted by atomic mass is 9.89. The van der Waals surface area contributed by atoms with Crippen LogP contribution >= 0.6 is 0 Å². The van der Waals surface area contributed by atoms with Gasteiger partial charge in [-0.1, -0.05) is 52.7 Å². The summed E-state index contributed by atoms with van der Waals surface area (Å²) in [6, 6.07) is 0. The zero-order valence-electron chi connectivity index (χ0n) is 15.1. The van der Waals surface area contributed by atoms with Gasteiger partial charge in [0.05, 0.1) is 5.92 Å². The maximum atomic E-state index is 12.4. The molecule has 0 spiro atoms. The van der Waals surface area contributed by atoms with E-state index in [4.69, 9.17) is 9.47 Å². The summed E-state index contributed by atoms with van der Waals surface area (Å²) in [6.07, 6.45) is 10.4. The van der Waals surface area contributed by atoms with Gasteiger partial charge in [-0.05, 0) is 32.1 Å². The Hall–Kier alpha value is -1.32. The van der Waals surface area contributed by atoms with Crippen LogP contribution < -0.4 is 0 Å². The van der Waals surface area contributed by atoms with Gasteiger partial charge in [0.15, 0.2) is 0 Å². The van der Waals surface area contributed by atoms with Gasteiger partial charge in [-0.25, -0.2) is 4.79 Å². The quantitative estimate of drug-likeness (QED) is 0.339. The molecule has 0 aromatic carbocycles. The van der Waals surface area contributed by atoms with E-state index < -0.39 is 17.5 Å². The minimum absolute atomic E-state index is 0.122. The molecule has 0 amide bonds. The van der Waals surface area contributed by atoms with E-state index in [0.717, 1.165) is 44.9 Å². The lowest BCUT2D eigenvalue weighted by Crippen LogP contribution is -2.36. The van der Waals surface area contributed by atoms with Crippen molar-refractivity contribution >= 4 is 11.9 Å². The largest absolute Gasteiger partial charge is 0.462 e. The van der Waals surface area contributed by atoms with Crippen molar-refractivity contribution in [3.63, 3.8) is 0 Å². The molecule has 0 aromatic heterocycles. The molecule has 1 fully saturated rings. The molecule has 0 N–H and O–H groups in total. The van der Waals surface area contributed by atoms with Crippen molar-refractivity contribution in [3.8, 4) is 0 Å². The van der Waals surface area contributed by atoms with Gasteiger partial charge in [0.1, 0.15) is 6.61 Å². The fourth-order valence-corrected chi connectivity index (χ4v) is 2.76. The Morgan fingerprint density at radius 1 is 1.26 bits per heavy atom. The molecule has 0 saturated carbocycles. The van der Waals surface area contributed by atoms with Crippen molar-refractivity contribution < 1.29 is 19.1 Å². The summed E-state index contributed by atoms with van der Waals surface area (Å²) >= 11 is 0. The second-order valence-corrected chi connectivity index (χ2v) is 7.09. The van der Waals surface area contributed by atoms with Gasteiger partial charge in [-0.3, -0.25) is 4.79 Å². The lowest BCUT2D eigenvalue weighted by Gasteiger charge is -2.24. The fraction of sp³-hybridized carbons (Fsp3) is 0.789. The first-order chi connectivity index (χ1) is 10.9. The van der Waals surface area contributed by atoms with Crippen LogP contribution in [0.25, 0.3) is 0 Å². The number of allylic oxidation sites excluding steroid dienone is 2. The third kappa shape index (κ3) is 6.36. The number of esters is 2. The Morgan fingerprint density at radius 2 is 1.96 bits per heavy atom. The fourth-order valence-electron chi connectivity index (χ4n) is 2.76. The number of unbranched alkanes of at least 4 members (excludes halogenated alkanes) is 2. The summed E-state index contributed by atoms with van der Waals surface area (Å²) in [7, 11) is 0. The molecular formula is C19H32O4. The van der Waals surface area contributed by atoms with Gasteiger partial charge >= 0.3 is 11.9 Å². The summed E-state index contributed by atoms with van der Waals surface area (Å²) in [6.45, 7) is 8.32. The number of cyclic esters (lactones) is 1. The van der Waals surface area contributed by atoms with Crippen LogP contribution in [0.15, 0.2) is 12.2 Å². The summed E-state index contributed by atoms with van der Waals surface area (Å²) in [5, 5.41) is 0. The standard InChI is InChI=1S/C19H32O4/c1-5-7-8-9-10-11-13-15(12-6-2)17(20)23-16-18(21)22-14-19(16,3)4/h8-9,15-16H,5-7,10-14H2,1-4H3. The van der Waals surface area contributed by atoms with Crippen LogP contribution in [0.2, 0.25) is 0 Å². The summed E-state index contributed by atoms with van der Waals surface area (Å²) in [5.41, 5.74) is -0.438. The van der Waals surface area contributed by atoms with E-state index in [0.29, 0.717) is 6.61 Å². The molecule has 2 unspecified atom stereocenters. The van der Waals surface area contributed by atoms with Crippen LogP contribution in [0.5, 0.6) is 0 Å². The first kappa shape index (κ1) is 19.7. The van der Waals surface area contributed by atoms with E-state index in [9.17, 15) is 9.59 Å². The van der Waals surface area contributed by atoms with Gasteiger partial charge in [0.2, 0.25) is 6.10 Å². The smallest absolute Gasteiger partial charge is 0.348 e. The zero-order valence-corrected chi connectivity index (χ0v) is 15.1. The minimum atomic E-state index is -0.765. The van der Waals surface area contributed by atoms with Crippen LogP contribution in [0.4, 0.5) is 0 Å². The normalized spacial score (nSPS) is 21.4. The summed E-state index contributed by atoms with van der Waals surface area (Å²) in [4.78, 5) is 24.2. The highest BCUT2D eigenvalue weighted by molar-refractivity contribution is 5.82. The maximum Gasteiger partial charge on any atom is 0.348 e. The van der Waals surface area contributed by atoms with E-state index in [1.165, 1.54) is 0 Å². The molecule has 132 valence electrons. The van der Waals surface area contributed by atoms with Gasteiger partial charge in [0, 0.05) is 5.41 Å². The van der Waals surface area contributed by atoms with Crippen LogP contribution in [-0.4, -0.2) is 24.6 Å². The minimum Gasteiger partial charge on any atom is -0.462 e. The molecular weight excluding hydrogens is 292 g/mol. The van der Waals surface area contributed by atoms with Gasteiger partial charge in [-0.2, -0.15) is 0 Å². The van der Waals surface area contributed by atoms with Crippen molar-refractivity contribution in [3.05, 3.63) is 12.2 Å². The van der Waals surface area contributed by atoms with E-state index in [-0.39, 0.29) is 11.9 Å². The number of ether oxygens (including phenoxy) is 2. The van der Waals surface area contributed by atoms with E-state index >= 15 is 0 Å². The molecule has 1 rings (SSSR count). The number of carbonyl (C=O) groups is 2. The van der Waals surface area contributed by atoms with Crippen LogP contribution in [0.3, 0.4) is 0 Å². The first-order valence-electron chi connectivity index (χ1n) is 8.94. The number of hydrogen-bond donors (Lipinski definition) is 0. The Balaban J connectivity index is 2.49. The second-order valence-electron chi connectivity index (χ2n) is 7.09. The molecule has 1 aliphatic rings. The third-order valence-corrected chi connectivity index (χ3v) is 4.26. The summed E-state index contributed by atoms with van der Waals surface area (Å²) < 4.78 is 10.5. The molecule has 4 heteroatoms. The number of carbonyl (C=O) groups excluding carboxylic acids is 2. The van der Waals surface area contributed by atoms with E-state index in [1.54, 1.807) is 0 Å². The Kier molecular flexibility index (Phi) is 8.35. The number of rotatable bonds is 10. The van der Waals surface area contributed by atoms with E-state index in [2.05, 4.69) is 26.0 Å². The molecule has 1 saturated heterocycles. The highest BCUT2D eigenvalue weighted by Crippen LogP contribution is 2.32. The lowest BCUT2D eigenvalue weighted by molar-refractivity contribution is -0.166. The van der Waals surface area contributed by atoms with Crippen LogP contribution in [-0.2, 0) is 19.1 Å². The average molecular weight is 324 g/mol. The van der Waals surface area contributed by atoms with Crippen molar-refractivity contribution in [2.45, 2.75) is 78.7 Å². The van der Waals surface area contributed by atoms with Crippen LogP contribution in [0.1, 0.15) is 72.6 Å². The highest BCUT2D eigenvalue weighted by Gasteiger charge is 2.47.